The summed E-state index contributed by atoms with van der Waals surface area (Å²) in [6.07, 6.45) is 0. The summed E-state index contributed by atoms with van der Waals surface area (Å²) in [5.74, 6) is 0. The second-order valence-corrected chi connectivity index (χ2v) is 3.26. The normalized spacial score (nSPS) is 17.6. The molecule has 0 amide bonds. The highest BCUT2D eigenvalue weighted by Crippen LogP contribution is 2.20. The van der Waals surface area contributed by atoms with Crippen molar-refractivity contribution in [2.24, 2.45) is 5.73 Å². The first-order valence-corrected chi connectivity index (χ1v) is 4.12. The van der Waals surface area contributed by atoms with Crippen molar-refractivity contribution in [2.75, 3.05) is 23.7 Å². The average molecular weight is 163 g/mol. The summed E-state index contributed by atoms with van der Waals surface area (Å²) in [5.41, 5.74) is 13.3. The van der Waals surface area contributed by atoms with Gasteiger partial charge in [-0.05, 0) is 24.3 Å². The van der Waals surface area contributed by atoms with E-state index < -0.39 is 0 Å². The summed E-state index contributed by atoms with van der Waals surface area (Å²) in [6, 6.07) is 8.24. The highest BCUT2D eigenvalue weighted by atomic mass is 15.2. The Balaban J connectivity index is 2.09. The molecule has 2 rings (SSSR count). The van der Waals surface area contributed by atoms with Gasteiger partial charge in [-0.15, -0.1) is 0 Å². The van der Waals surface area contributed by atoms with E-state index in [0.29, 0.717) is 6.04 Å². The van der Waals surface area contributed by atoms with Crippen LogP contribution in [0, 0.1) is 0 Å². The lowest BCUT2D eigenvalue weighted by Crippen LogP contribution is -2.55. The Morgan fingerprint density at radius 1 is 1.17 bits per heavy atom. The van der Waals surface area contributed by atoms with Crippen LogP contribution >= 0.6 is 0 Å². The predicted octanol–water partition coefficient (Wildman–Crippen LogP) is 0.416. The third kappa shape index (κ3) is 1.23. The number of nitrogens with zero attached hydrogens (tertiary/aromatic N) is 1. The summed E-state index contributed by atoms with van der Waals surface area (Å²) in [5, 5.41) is 0. The van der Waals surface area contributed by atoms with Crippen LogP contribution in [0.5, 0.6) is 0 Å². The van der Waals surface area contributed by atoms with E-state index in [2.05, 4.69) is 4.90 Å². The monoisotopic (exact) mass is 163 g/mol. The van der Waals surface area contributed by atoms with Gasteiger partial charge in [0.25, 0.3) is 0 Å². The van der Waals surface area contributed by atoms with Crippen molar-refractivity contribution in [3.63, 3.8) is 0 Å². The van der Waals surface area contributed by atoms with E-state index in [-0.39, 0.29) is 0 Å². The lowest BCUT2D eigenvalue weighted by Gasteiger charge is -2.38. The molecule has 1 fully saturated rings. The van der Waals surface area contributed by atoms with Crippen LogP contribution in [0.3, 0.4) is 0 Å². The summed E-state index contributed by atoms with van der Waals surface area (Å²) >= 11 is 0. The fourth-order valence-corrected chi connectivity index (χ4v) is 1.41. The minimum atomic E-state index is 0.350. The molecule has 12 heavy (non-hydrogen) atoms. The molecule has 64 valence electrons. The van der Waals surface area contributed by atoms with Crippen LogP contribution < -0.4 is 16.4 Å². The van der Waals surface area contributed by atoms with Gasteiger partial charge in [0.2, 0.25) is 0 Å². The van der Waals surface area contributed by atoms with Crippen LogP contribution in [0.1, 0.15) is 0 Å². The topological polar surface area (TPSA) is 55.3 Å². The van der Waals surface area contributed by atoms with Gasteiger partial charge in [0, 0.05) is 30.5 Å². The summed E-state index contributed by atoms with van der Waals surface area (Å²) in [4.78, 5) is 2.24. The number of nitrogens with two attached hydrogens (primary N) is 2. The number of benzene rings is 1. The Labute approximate surface area is 72.0 Å². The van der Waals surface area contributed by atoms with Crippen molar-refractivity contribution in [3.05, 3.63) is 24.3 Å². The van der Waals surface area contributed by atoms with E-state index in [1.807, 2.05) is 24.3 Å². The molecule has 0 aromatic heterocycles. The Bertz CT molecular complexity index is 262. The van der Waals surface area contributed by atoms with Gasteiger partial charge in [0.1, 0.15) is 0 Å². The Morgan fingerprint density at radius 3 is 2.25 bits per heavy atom. The molecule has 0 aliphatic carbocycles. The maximum Gasteiger partial charge on any atom is 0.0395 e. The van der Waals surface area contributed by atoms with E-state index in [9.17, 15) is 0 Å². The van der Waals surface area contributed by atoms with Gasteiger partial charge in [-0.1, -0.05) is 0 Å². The Hall–Kier alpha value is -1.22. The highest BCUT2D eigenvalue weighted by molar-refractivity contribution is 5.54. The molecule has 0 saturated carbocycles. The molecule has 1 aliphatic rings. The first-order chi connectivity index (χ1) is 5.75. The van der Waals surface area contributed by atoms with E-state index >= 15 is 0 Å². The van der Waals surface area contributed by atoms with Crippen molar-refractivity contribution >= 4 is 11.4 Å². The molecule has 3 nitrogen and oxygen atoms in total. The molecule has 0 unspecified atom stereocenters. The van der Waals surface area contributed by atoms with Crippen LogP contribution in [-0.4, -0.2) is 19.1 Å². The molecule has 0 spiro atoms. The summed E-state index contributed by atoms with van der Waals surface area (Å²) in [7, 11) is 0. The van der Waals surface area contributed by atoms with Crippen molar-refractivity contribution in [1.29, 1.82) is 0 Å². The molecule has 0 atom stereocenters. The smallest absolute Gasteiger partial charge is 0.0395 e. The molecule has 4 N–H and O–H groups in total. The Morgan fingerprint density at radius 2 is 1.75 bits per heavy atom. The van der Waals surface area contributed by atoms with Gasteiger partial charge in [-0.25, -0.2) is 0 Å². The molecule has 0 bridgehead atoms. The molecule has 1 saturated heterocycles. The quantitative estimate of drug-likeness (QED) is 0.590. The van der Waals surface area contributed by atoms with Crippen molar-refractivity contribution < 1.29 is 0 Å². The van der Waals surface area contributed by atoms with E-state index in [0.717, 1.165) is 18.8 Å². The number of hydrogen-bond acceptors (Lipinski definition) is 3. The SMILES string of the molecule is Nc1ccc(N2CC(N)C2)cc1. The predicted molar refractivity (Wildman–Crippen MR) is 51.0 cm³/mol. The van der Waals surface area contributed by atoms with E-state index in [4.69, 9.17) is 11.5 Å². The van der Waals surface area contributed by atoms with Crippen LogP contribution in [0.4, 0.5) is 11.4 Å². The van der Waals surface area contributed by atoms with Crippen LogP contribution in [0.15, 0.2) is 24.3 Å². The molecule has 1 aliphatic heterocycles. The maximum atomic E-state index is 5.67. The van der Waals surface area contributed by atoms with Crippen LogP contribution in [0.2, 0.25) is 0 Å². The lowest BCUT2D eigenvalue weighted by atomic mass is 10.1. The molecule has 1 aromatic carbocycles. The summed E-state index contributed by atoms with van der Waals surface area (Å²) < 4.78 is 0. The third-order valence-electron chi connectivity index (χ3n) is 2.17. The fraction of sp³-hybridized carbons (Fsp3) is 0.333. The number of rotatable bonds is 1. The summed E-state index contributed by atoms with van der Waals surface area (Å²) in [6.45, 7) is 1.92. The largest absolute Gasteiger partial charge is 0.399 e. The number of anilines is 2. The van der Waals surface area contributed by atoms with Crippen LogP contribution in [-0.2, 0) is 0 Å². The van der Waals surface area contributed by atoms with Gasteiger partial charge in [-0.2, -0.15) is 0 Å². The third-order valence-corrected chi connectivity index (χ3v) is 2.17. The van der Waals surface area contributed by atoms with Gasteiger partial charge in [-0.3, -0.25) is 0 Å². The lowest BCUT2D eigenvalue weighted by molar-refractivity contribution is 0.519. The van der Waals surface area contributed by atoms with Gasteiger partial charge >= 0.3 is 0 Å². The molecule has 1 heterocycles. The standard InChI is InChI=1S/C9H13N3/c10-7-1-3-9(4-2-7)12-5-8(11)6-12/h1-4,8H,5-6,10-11H2. The second-order valence-electron chi connectivity index (χ2n) is 3.26. The maximum absolute atomic E-state index is 5.67. The zero-order valence-corrected chi connectivity index (χ0v) is 6.90. The van der Waals surface area contributed by atoms with Gasteiger partial charge in [0.15, 0.2) is 0 Å². The first-order valence-electron chi connectivity index (χ1n) is 4.12. The molecule has 0 radical (unpaired) electrons. The Kier molecular flexibility index (Phi) is 1.66. The number of nitrogen functional groups attached to an aromatic ring is 1. The second kappa shape index (κ2) is 2.68. The van der Waals surface area contributed by atoms with Gasteiger partial charge < -0.3 is 16.4 Å². The molecule has 3 heteroatoms. The van der Waals surface area contributed by atoms with Gasteiger partial charge in [0.05, 0.1) is 0 Å². The minimum Gasteiger partial charge on any atom is -0.399 e. The molecular weight excluding hydrogens is 150 g/mol. The van der Waals surface area contributed by atoms with Crippen molar-refractivity contribution in [1.82, 2.24) is 0 Å². The minimum absolute atomic E-state index is 0.350. The van der Waals surface area contributed by atoms with Crippen LogP contribution in [0.25, 0.3) is 0 Å². The first kappa shape index (κ1) is 7.43. The zero-order chi connectivity index (χ0) is 8.55. The van der Waals surface area contributed by atoms with E-state index in [1.54, 1.807) is 0 Å². The number of hydrogen-bond donors (Lipinski definition) is 2. The average Bonchev–Trinajstić information content (AvgIpc) is 2.01. The molecule has 1 aromatic rings. The highest BCUT2D eigenvalue weighted by Gasteiger charge is 2.22. The van der Waals surface area contributed by atoms with Crippen molar-refractivity contribution in [2.45, 2.75) is 6.04 Å². The zero-order valence-electron chi connectivity index (χ0n) is 6.90. The van der Waals surface area contributed by atoms with E-state index in [1.165, 1.54) is 5.69 Å². The van der Waals surface area contributed by atoms with Crippen molar-refractivity contribution in [3.8, 4) is 0 Å². The fourth-order valence-electron chi connectivity index (χ4n) is 1.41. The molecular formula is C9H13N3.